The summed E-state index contributed by atoms with van der Waals surface area (Å²) in [6.45, 7) is 0.410. The Bertz CT molecular complexity index is 1190. The molecule has 2 aromatic carbocycles. The molecule has 3 aromatic rings. The highest BCUT2D eigenvalue weighted by Crippen LogP contribution is 2.27. The second-order valence-electron chi connectivity index (χ2n) is 8.14. The summed E-state index contributed by atoms with van der Waals surface area (Å²) in [5.74, 6) is 0.332. The van der Waals surface area contributed by atoms with Crippen molar-refractivity contribution in [3.63, 3.8) is 0 Å². The molecule has 162 valence electrons. The number of hydrogen-bond acceptors (Lipinski definition) is 5. The van der Waals surface area contributed by atoms with Crippen molar-refractivity contribution in [3.8, 4) is 0 Å². The van der Waals surface area contributed by atoms with Crippen LogP contribution >= 0.6 is 11.8 Å². The number of rotatable bonds is 8. The first kappa shape index (κ1) is 20.7. The van der Waals surface area contributed by atoms with Gasteiger partial charge in [0, 0.05) is 18.0 Å². The van der Waals surface area contributed by atoms with Crippen molar-refractivity contribution < 1.29 is 14.4 Å². The maximum absolute atomic E-state index is 12.7. The number of unbranched alkanes of at least 4 members (excludes halogenated alkanes) is 1. The van der Waals surface area contributed by atoms with E-state index in [0.717, 1.165) is 47.4 Å². The van der Waals surface area contributed by atoms with Crippen LogP contribution in [-0.4, -0.2) is 45.9 Å². The number of aromatic nitrogens is 1. The number of benzene rings is 2. The quantitative estimate of drug-likeness (QED) is 0.318. The van der Waals surface area contributed by atoms with Crippen molar-refractivity contribution >= 4 is 40.4 Å². The summed E-state index contributed by atoms with van der Waals surface area (Å²) in [6, 6.07) is 16.8. The number of hydrogen-bond donors (Lipinski definition) is 1. The fourth-order valence-corrected chi connectivity index (χ4v) is 4.82. The van der Waals surface area contributed by atoms with E-state index in [0.29, 0.717) is 29.3 Å². The van der Waals surface area contributed by atoms with Gasteiger partial charge in [-0.25, -0.2) is 4.98 Å². The molecule has 1 saturated carbocycles. The zero-order chi connectivity index (χ0) is 22.1. The number of thioether (sulfide) groups is 1. The third-order valence-corrected chi connectivity index (χ3v) is 6.75. The second kappa shape index (κ2) is 8.74. The van der Waals surface area contributed by atoms with Crippen molar-refractivity contribution in [1.82, 2.24) is 15.2 Å². The highest BCUT2D eigenvalue weighted by atomic mass is 32.2. The molecule has 0 saturated heterocycles. The summed E-state index contributed by atoms with van der Waals surface area (Å²) >= 11 is 1.59. The Morgan fingerprint density at radius 3 is 2.41 bits per heavy atom. The third-order valence-electron chi connectivity index (χ3n) is 5.75. The van der Waals surface area contributed by atoms with Crippen LogP contribution in [0.1, 0.15) is 56.8 Å². The maximum atomic E-state index is 12.7. The van der Waals surface area contributed by atoms with Crippen LogP contribution in [0.5, 0.6) is 0 Å². The first-order valence-electron chi connectivity index (χ1n) is 10.9. The van der Waals surface area contributed by atoms with Crippen LogP contribution < -0.4 is 5.32 Å². The Kier molecular flexibility index (Phi) is 5.66. The molecule has 7 heteroatoms. The normalized spacial score (nSPS) is 15.3. The molecule has 2 heterocycles. The molecule has 0 unspecified atom stereocenters. The Morgan fingerprint density at radius 1 is 1.00 bits per heavy atom. The molecule has 5 rings (SSSR count). The monoisotopic (exact) mass is 445 g/mol. The lowest BCUT2D eigenvalue weighted by Gasteiger charge is -2.13. The fourth-order valence-electron chi connectivity index (χ4n) is 3.89. The van der Waals surface area contributed by atoms with Crippen LogP contribution in [0.2, 0.25) is 0 Å². The first-order chi connectivity index (χ1) is 15.6. The van der Waals surface area contributed by atoms with Gasteiger partial charge in [0.15, 0.2) is 0 Å². The predicted octanol–water partition coefficient (Wildman–Crippen LogP) is 4.30. The molecule has 2 aliphatic rings. The molecule has 3 amide bonds. The van der Waals surface area contributed by atoms with E-state index in [1.54, 1.807) is 36.0 Å². The van der Waals surface area contributed by atoms with Crippen LogP contribution in [0.3, 0.4) is 0 Å². The van der Waals surface area contributed by atoms with Crippen molar-refractivity contribution in [2.45, 2.75) is 36.8 Å². The molecule has 6 nitrogen and oxygen atoms in total. The zero-order valence-corrected chi connectivity index (χ0v) is 18.4. The number of fused-ring (bicyclic) bond motifs is 2. The maximum Gasteiger partial charge on any atom is 0.261 e. The van der Waals surface area contributed by atoms with E-state index in [1.807, 2.05) is 30.3 Å². The fraction of sp³-hybridized carbons (Fsp3) is 0.280. The van der Waals surface area contributed by atoms with E-state index in [-0.39, 0.29) is 17.7 Å². The third kappa shape index (κ3) is 4.12. The van der Waals surface area contributed by atoms with E-state index in [4.69, 9.17) is 4.98 Å². The smallest absolute Gasteiger partial charge is 0.261 e. The standard InChI is InChI=1S/C25H23N3O3S/c29-23(26-16-11-12-16)20-15-22(27-21-10-4-3-7-17(20)21)32-14-6-5-13-28-24(30)18-8-1-2-9-19(18)25(28)31/h1-4,7-10,15-16H,5-6,11-14H2,(H,26,29). The van der Waals surface area contributed by atoms with Crippen LogP contribution in [0.4, 0.5) is 0 Å². The van der Waals surface area contributed by atoms with E-state index in [2.05, 4.69) is 5.32 Å². The largest absolute Gasteiger partial charge is 0.349 e. The Balaban J connectivity index is 1.19. The average Bonchev–Trinajstić information content (AvgIpc) is 3.60. The van der Waals surface area contributed by atoms with Crippen LogP contribution in [0.15, 0.2) is 59.6 Å². The number of nitrogens with one attached hydrogen (secondary N) is 1. The van der Waals surface area contributed by atoms with Crippen LogP contribution in [0, 0.1) is 0 Å². The zero-order valence-electron chi connectivity index (χ0n) is 17.5. The summed E-state index contributed by atoms with van der Waals surface area (Å²) in [5, 5.41) is 4.74. The Hall–Kier alpha value is -3.19. The van der Waals surface area contributed by atoms with E-state index >= 15 is 0 Å². The average molecular weight is 446 g/mol. The van der Waals surface area contributed by atoms with E-state index < -0.39 is 0 Å². The van der Waals surface area contributed by atoms with E-state index in [1.165, 1.54) is 4.90 Å². The van der Waals surface area contributed by atoms with Gasteiger partial charge in [-0.15, -0.1) is 11.8 Å². The van der Waals surface area contributed by atoms with Gasteiger partial charge in [0.2, 0.25) is 0 Å². The molecule has 0 bridgehead atoms. The molecule has 32 heavy (non-hydrogen) atoms. The summed E-state index contributed by atoms with van der Waals surface area (Å²) in [7, 11) is 0. The molecule has 1 aliphatic carbocycles. The van der Waals surface area contributed by atoms with Gasteiger partial charge in [-0.3, -0.25) is 19.3 Å². The first-order valence-corrected chi connectivity index (χ1v) is 11.9. The minimum atomic E-state index is -0.208. The lowest BCUT2D eigenvalue weighted by atomic mass is 10.1. The lowest BCUT2D eigenvalue weighted by molar-refractivity contribution is 0.0652. The number of para-hydroxylation sites is 1. The van der Waals surface area contributed by atoms with Gasteiger partial charge in [0.1, 0.15) is 0 Å². The molecule has 1 N–H and O–H groups in total. The molecule has 0 spiro atoms. The van der Waals surface area contributed by atoms with Gasteiger partial charge < -0.3 is 5.32 Å². The lowest BCUT2D eigenvalue weighted by Crippen LogP contribution is -2.30. The van der Waals surface area contributed by atoms with Gasteiger partial charge in [-0.1, -0.05) is 30.3 Å². The van der Waals surface area contributed by atoms with Gasteiger partial charge in [-0.05, 0) is 55.7 Å². The number of amides is 3. The number of pyridine rings is 1. The summed E-state index contributed by atoms with van der Waals surface area (Å²) < 4.78 is 0. The van der Waals surface area contributed by atoms with Crippen molar-refractivity contribution in [2.24, 2.45) is 0 Å². The number of carbonyl (C=O) groups is 3. The predicted molar refractivity (Wildman–Crippen MR) is 124 cm³/mol. The number of nitrogens with zero attached hydrogens (tertiary/aromatic N) is 2. The SMILES string of the molecule is O=C(NC1CC1)c1cc(SCCCCN2C(=O)c3ccccc3C2=O)nc2ccccc12. The Morgan fingerprint density at radius 2 is 1.69 bits per heavy atom. The highest BCUT2D eigenvalue weighted by molar-refractivity contribution is 7.99. The van der Waals surface area contributed by atoms with Gasteiger partial charge in [0.05, 0.1) is 27.2 Å². The van der Waals surface area contributed by atoms with Gasteiger partial charge in [-0.2, -0.15) is 0 Å². The number of imide groups is 1. The second-order valence-corrected chi connectivity index (χ2v) is 9.25. The summed E-state index contributed by atoms with van der Waals surface area (Å²) in [5.41, 5.74) is 2.45. The molecule has 0 atom stereocenters. The minimum Gasteiger partial charge on any atom is -0.349 e. The van der Waals surface area contributed by atoms with Crippen LogP contribution in [0.25, 0.3) is 10.9 Å². The highest BCUT2D eigenvalue weighted by Gasteiger charge is 2.34. The summed E-state index contributed by atoms with van der Waals surface area (Å²) in [4.78, 5) is 43.7. The van der Waals surface area contributed by atoms with Crippen molar-refractivity contribution in [1.29, 1.82) is 0 Å². The molecule has 1 aromatic heterocycles. The number of carbonyl (C=O) groups excluding carboxylic acids is 3. The molecular formula is C25H23N3O3S. The minimum absolute atomic E-state index is 0.0430. The van der Waals surface area contributed by atoms with Crippen LogP contribution in [-0.2, 0) is 0 Å². The van der Waals surface area contributed by atoms with E-state index in [9.17, 15) is 14.4 Å². The Labute approximate surface area is 190 Å². The molecule has 1 fully saturated rings. The molecular weight excluding hydrogens is 422 g/mol. The molecule has 1 aliphatic heterocycles. The topological polar surface area (TPSA) is 79.4 Å². The van der Waals surface area contributed by atoms with Crippen molar-refractivity contribution in [2.75, 3.05) is 12.3 Å². The summed E-state index contributed by atoms with van der Waals surface area (Å²) in [6.07, 6.45) is 3.64. The van der Waals surface area contributed by atoms with Gasteiger partial charge in [0.25, 0.3) is 17.7 Å². The molecule has 0 radical (unpaired) electrons. The van der Waals surface area contributed by atoms with Crippen molar-refractivity contribution in [3.05, 3.63) is 71.3 Å². The van der Waals surface area contributed by atoms with Gasteiger partial charge >= 0.3 is 0 Å².